The van der Waals surface area contributed by atoms with Crippen molar-refractivity contribution >= 4 is 16.4 Å². The zero-order valence-electron chi connectivity index (χ0n) is 47.2. The van der Waals surface area contributed by atoms with Crippen LogP contribution in [-0.2, 0) is 76.2 Å². The maximum Gasteiger partial charge on any atom is 0.397 e. The van der Waals surface area contributed by atoms with Crippen LogP contribution in [-0.4, -0.2) is 250 Å². The molecule has 28 heteroatoms. The molecule has 11 N–H and O–H groups in total. The molecule has 0 aromatic heterocycles. The van der Waals surface area contributed by atoms with Gasteiger partial charge in [0.25, 0.3) is 0 Å². The molecule has 31 atom stereocenters. The van der Waals surface area contributed by atoms with Crippen LogP contribution in [0.5, 0.6) is 0 Å². The highest BCUT2D eigenvalue weighted by atomic mass is 32.3. The van der Waals surface area contributed by atoms with Crippen molar-refractivity contribution in [3.05, 3.63) is 23.8 Å². The van der Waals surface area contributed by atoms with Gasteiger partial charge in [0.05, 0.1) is 43.5 Å². The van der Waals surface area contributed by atoms with E-state index in [0.29, 0.717) is 25.7 Å². The predicted molar refractivity (Wildman–Crippen MR) is 273 cm³/mol. The quantitative estimate of drug-likeness (QED) is 0.0479. The summed E-state index contributed by atoms with van der Waals surface area (Å²) in [5.74, 6) is -0.0696. The van der Waals surface area contributed by atoms with Gasteiger partial charge in [-0.25, -0.2) is 4.18 Å². The topological polar surface area (TPSA) is 394 Å². The number of methoxy groups -OCH3 is 1. The molecule has 4 aliphatic carbocycles. The lowest BCUT2D eigenvalue weighted by Gasteiger charge is -2.64. The second-order valence-corrected chi connectivity index (χ2v) is 26.6. The lowest BCUT2D eigenvalue weighted by atomic mass is 9.40. The van der Waals surface area contributed by atoms with Gasteiger partial charge >= 0.3 is 16.4 Å². The van der Waals surface area contributed by atoms with Gasteiger partial charge in [0.2, 0.25) is 0 Å². The fourth-order valence-electron chi connectivity index (χ4n) is 16.3. The number of aliphatic hydroxyl groups excluding tert-OH is 10. The number of ether oxygens (including phenoxy) is 12. The zero-order chi connectivity index (χ0) is 59.7. The Morgan fingerprint density at radius 1 is 0.695 bits per heavy atom. The van der Waals surface area contributed by atoms with E-state index in [1.807, 2.05) is 6.92 Å². The van der Waals surface area contributed by atoms with E-state index in [-0.39, 0.29) is 41.8 Å². The number of carbonyl (C=O) groups excluding carboxylic acids is 1. The standard InChI is InChI=1S/C54H84O27S/c1-20(2)31-26-16-53(8)24-10-11-29-51(5,6)30(13-14-52(29,7)23(24)12-15-54(31,53)50(65)75-26)76-48-43(34(59)28(19-71-48)81-82(66,67)68)80-49-44(79-46-36(61)35(60)32(57)21(3)72-46)37(62)40(22(4)73-49)77-47-39(64)42(33(58)27(17-55)74-47)78-45-38(63)41(69-9)25(56)18-70-45/h10,21-23,25-49,55-64H,1,11-19H2,2-9H3,(H,66,67,68)/t21?,22?,23?,25?,26?,27?,28?,29?,30?,31-,32?,33?,34?,35?,36?,37?,38?,39?,40?,41?,42?,43?,44?,45?,46?,47?,48?,49?,52+,53-,54+/m0/s1. The molecular formula is C54H84O27S. The maximum atomic E-state index is 13.8. The molecule has 6 saturated heterocycles. The van der Waals surface area contributed by atoms with Crippen LogP contribution >= 0.6 is 0 Å². The van der Waals surface area contributed by atoms with Gasteiger partial charge in [-0.15, -0.1) is 0 Å². The number of allylic oxidation sites excluding steroid dienone is 2. The van der Waals surface area contributed by atoms with Crippen LogP contribution in [0.1, 0.15) is 87.0 Å². The highest BCUT2D eigenvalue weighted by molar-refractivity contribution is 7.80. The first-order valence-corrected chi connectivity index (χ1v) is 29.8. The van der Waals surface area contributed by atoms with Gasteiger partial charge in [0.15, 0.2) is 31.5 Å². The highest BCUT2D eigenvalue weighted by Gasteiger charge is 2.76. The molecule has 10 rings (SSSR count). The van der Waals surface area contributed by atoms with Crippen molar-refractivity contribution in [1.29, 1.82) is 0 Å². The van der Waals surface area contributed by atoms with Crippen LogP contribution < -0.4 is 0 Å². The molecule has 0 radical (unpaired) electrons. The number of rotatable bonds is 15. The average molecular weight is 1200 g/mol. The Kier molecular flexibility index (Phi) is 17.8. The van der Waals surface area contributed by atoms with Gasteiger partial charge in [-0.3, -0.25) is 9.35 Å². The molecule has 6 aliphatic heterocycles. The van der Waals surface area contributed by atoms with E-state index in [1.54, 1.807) is 0 Å². The van der Waals surface area contributed by atoms with Gasteiger partial charge in [0.1, 0.15) is 104 Å². The van der Waals surface area contributed by atoms with Gasteiger partial charge in [-0.1, -0.05) is 51.5 Å². The summed E-state index contributed by atoms with van der Waals surface area (Å²) >= 11 is 0. The van der Waals surface area contributed by atoms with E-state index in [0.717, 1.165) is 18.4 Å². The molecule has 0 amide bonds. The third-order valence-corrected chi connectivity index (χ3v) is 21.0. The van der Waals surface area contributed by atoms with Crippen molar-refractivity contribution in [2.75, 3.05) is 26.9 Å². The second-order valence-electron chi connectivity index (χ2n) is 25.5. The Morgan fingerprint density at radius 2 is 1.32 bits per heavy atom. The predicted octanol–water partition coefficient (Wildman–Crippen LogP) is -2.02. The van der Waals surface area contributed by atoms with Crippen molar-refractivity contribution in [2.24, 2.45) is 39.4 Å². The number of hydrogen-bond acceptors (Lipinski definition) is 26. The van der Waals surface area contributed by atoms with E-state index < -0.39 is 187 Å². The summed E-state index contributed by atoms with van der Waals surface area (Å²) in [5.41, 5.74) is 0.247. The third kappa shape index (κ3) is 10.5. The van der Waals surface area contributed by atoms with E-state index >= 15 is 0 Å². The summed E-state index contributed by atoms with van der Waals surface area (Å²) in [7, 11) is -4.01. The molecule has 6 heterocycles. The van der Waals surface area contributed by atoms with E-state index in [9.17, 15) is 68.8 Å². The van der Waals surface area contributed by atoms with Crippen LogP contribution in [0.15, 0.2) is 23.8 Å². The van der Waals surface area contributed by atoms with Gasteiger partial charge in [-0.2, -0.15) is 8.42 Å². The largest absolute Gasteiger partial charge is 0.461 e. The molecule has 9 fully saturated rings. The van der Waals surface area contributed by atoms with E-state index in [1.165, 1.54) is 26.5 Å². The fourth-order valence-corrected chi connectivity index (χ4v) is 16.8. The second kappa shape index (κ2) is 23.2. The SMILES string of the molecule is C=C(C)[C@H]1C2C[C@@]3(C)C4=CCC5C(C)(C)C(OC6OCC(OS(=O)(=O)O)C(O)C6OC6OC(C)C(OC7OC(CO)C(O)C(OC8OCC(O)C(OC)C8O)C7O)C(O)C6OC6OC(C)C(O)C(O)C6O)CC[C@]5(C)C4CC[C@]13C(=O)O2. The number of hydrogen-bond donors (Lipinski definition) is 11. The molecule has 10 aliphatic rings. The summed E-state index contributed by atoms with van der Waals surface area (Å²) in [6.45, 7) is 15.9. The lowest BCUT2D eigenvalue weighted by Crippen LogP contribution is -2.68. The maximum absolute atomic E-state index is 13.8. The average Bonchev–Trinajstić information content (AvgIpc) is 1.84. The molecule has 3 saturated carbocycles. The van der Waals surface area contributed by atoms with Crippen LogP contribution in [0.3, 0.4) is 0 Å². The normalized spacial score (nSPS) is 52.9. The first-order valence-electron chi connectivity index (χ1n) is 28.4. The van der Waals surface area contributed by atoms with Gasteiger partial charge in [-0.05, 0) is 82.0 Å². The summed E-state index contributed by atoms with van der Waals surface area (Å²) in [6.07, 6.45) is -33.6. The molecular weight excluding hydrogens is 1110 g/mol. The number of fused-ring (bicyclic) bond motifs is 5. The van der Waals surface area contributed by atoms with Crippen LogP contribution in [0, 0.1) is 39.4 Å². The van der Waals surface area contributed by atoms with E-state index in [2.05, 4.69) is 40.3 Å². The molecule has 27 nitrogen and oxygen atoms in total. The summed E-state index contributed by atoms with van der Waals surface area (Å²) in [6, 6.07) is 0. The van der Waals surface area contributed by atoms with Gasteiger partial charge in [0, 0.05) is 18.4 Å². The smallest absolute Gasteiger partial charge is 0.397 e. The Bertz CT molecular complexity index is 2470. The van der Waals surface area contributed by atoms with Crippen molar-refractivity contribution in [2.45, 2.75) is 241 Å². The Hall–Kier alpha value is -2.02. The molecule has 0 aromatic carbocycles. The molecule has 27 unspecified atom stereocenters. The minimum absolute atomic E-state index is 0.00958. The van der Waals surface area contributed by atoms with Crippen LogP contribution in [0.25, 0.3) is 0 Å². The van der Waals surface area contributed by atoms with E-state index in [4.69, 9.17) is 61.0 Å². The third-order valence-electron chi connectivity index (χ3n) is 20.5. The zero-order valence-corrected chi connectivity index (χ0v) is 48.0. The lowest BCUT2D eigenvalue weighted by molar-refractivity contribution is -0.404. The van der Waals surface area contributed by atoms with Crippen molar-refractivity contribution in [1.82, 2.24) is 0 Å². The summed E-state index contributed by atoms with van der Waals surface area (Å²) < 4.78 is 111. The summed E-state index contributed by atoms with van der Waals surface area (Å²) in [4.78, 5) is 13.8. The van der Waals surface area contributed by atoms with Crippen molar-refractivity contribution in [3.63, 3.8) is 0 Å². The Labute approximate surface area is 475 Å². The summed E-state index contributed by atoms with van der Waals surface area (Å²) in [5, 5.41) is 112. The number of aliphatic hydroxyl groups is 10. The van der Waals surface area contributed by atoms with Crippen LogP contribution in [0.2, 0.25) is 0 Å². The first kappa shape index (κ1) is 63.0. The monoisotopic (exact) mass is 1200 g/mol. The molecule has 2 bridgehead atoms. The molecule has 82 heavy (non-hydrogen) atoms. The highest BCUT2D eigenvalue weighted by Crippen LogP contribution is 2.76. The molecule has 0 aromatic rings. The minimum Gasteiger partial charge on any atom is -0.461 e. The number of esters is 1. The minimum atomic E-state index is -5.24. The van der Waals surface area contributed by atoms with Crippen molar-refractivity contribution in [3.8, 4) is 0 Å². The van der Waals surface area contributed by atoms with Crippen molar-refractivity contribution < 1.29 is 130 Å². The van der Waals surface area contributed by atoms with Crippen LogP contribution in [0.4, 0.5) is 0 Å². The molecule has 1 spiro atoms. The Balaban J connectivity index is 0.919. The fraction of sp³-hybridized carbons (Fsp3) is 0.907. The Morgan fingerprint density at radius 3 is 1.99 bits per heavy atom. The van der Waals surface area contributed by atoms with Gasteiger partial charge < -0.3 is 108 Å². The molecule has 468 valence electrons. The number of carbonyl (C=O) groups is 1. The first-order chi connectivity index (χ1) is 38.4.